The number of imidazole rings is 2. The molecule has 1 aliphatic heterocycles. The molecule has 0 radical (unpaired) electrons. The number of aliphatic hydroxyl groups is 1. The Kier molecular flexibility index (Phi) is 44.1. The van der Waals surface area contributed by atoms with Gasteiger partial charge >= 0.3 is 24.1 Å². The van der Waals surface area contributed by atoms with E-state index < -0.39 is 216 Å². The van der Waals surface area contributed by atoms with Gasteiger partial charge in [0.2, 0.25) is 76.8 Å². The number of H-pyrrole nitrogens is 2. The van der Waals surface area contributed by atoms with Crippen molar-refractivity contribution in [3.8, 4) is 11.5 Å². The molecule has 0 unspecified atom stereocenters. The molecule has 46 heteroatoms. The Labute approximate surface area is 765 Å². The number of aliphatic carboxylic acids is 3. The molecule has 133 heavy (non-hydrogen) atoms. The first kappa shape index (κ1) is 110. The first-order valence-electron chi connectivity index (χ1n) is 43.3. The Morgan fingerprint density at radius 3 is 1.29 bits per heavy atom. The third-order valence-electron chi connectivity index (χ3n) is 21.3. The number of nitrogens with two attached hydrogens (primary N) is 2. The molecular formula is C87H124F3N21O22. The molecule has 43 nitrogen and oxygen atoms in total. The number of carbonyl (C=O) groups excluding carboxylic acids is 13. The maximum absolute atomic E-state index is 15.4. The van der Waals surface area contributed by atoms with E-state index in [1.807, 2.05) is 0 Å². The summed E-state index contributed by atoms with van der Waals surface area (Å²) >= 11 is 0. The molecule has 13 amide bonds. The molecule has 1 saturated heterocycles. The van der Waals surface area contributed by atoms with Gasteiger partial charge < -0.3 is 126 Å². The number of carbonyl (C=O) groups is 16. The fourth-order valence-corrected chi connectivity index (χ4v) is 14.0. The zero-order valence-electron chi connectivity index (χ0n) is 75.4. The number of benzene rings is 3. The number of hydrogen-bond donors (Lipinski definition) is 24. The van der Waals surface area contributed by atoms with Crippen LogP contribution in [-0.2, 0) is 109 Å². The molecule has 0 aliphatic carbocycles. The number of nitrogens with zero attached hydrogens (tertiary/aromatic N) is 3. The highest BCUT2D eigenvalue weighted by Gasteiger charge is 2.44. The van der Waals surface area contributed by atoms with Crippen LogP contribution >= 0.6 is 0 Å². The Hall–Kier alpha value is -13.8. The second-order valence-corrected chi connectivity index (χ2v) is 33.8. The van der Waals surface area contributed by atoms with Crippen molar-refractivity contribution in [2.24, 2.45) is 41.1 Å². The van der Waals surface area contributed by atoms with Gasteiger partial charge in [0, 0.05) is 69.0 Å². The lowest BCUT2D eigenvalue weighted by molar-refractivity contribution is -0.192. The number of hydrogen-bond acceptors (Lipinski definition) is 23. The molecule has 15 atom stereocenters. The van der Waals surface area contributed by atoms with Crippen LogP contribution < -0.4 is 80.6 Å². The predicted molar refractivity (Wildman–Crippen MR) is 472 cm³/mol. The molecule has 3 aromatic carbocycles. The third kappa shape index (κ3) is 37.2. The van der Waals surface area contributed by atoms with E-state index >= 15 is 24.0 Å². The molecule has 730 valence electrons. The Balaban J connectivity index is 0.00000428. The summed E-state index contributed by atoms with van der Waals surface area (Å²) in [7, 11) is 0. The Morgan fingerprint density at radius 2 is 0.872 bits per heavy atom. The van der Waals surface area contributed by atoms with Crippen LogP contribution in [0.2, 0.25) is 0 Å². The van der Waals surface area contributed by atoms with E-state index in [0.29, 0.717) is 28.1 Å². The predicted octanol–water partition coefficient (Wildman–Crippen LogP) is -0.908. The first-order valence-corrected chi connectivity index (χ1v) is 43.3. The van der Waals surface area contributed by atoms with Crippen molar-refractivity contribution in [3.63, 3.8) is 0 Å². The number of phenolic OH excluding ortho intramolecular Hbond substituents is 2. The number of halogens is 3. The van der Waals surface area contributed by atoms with Gasteiger partial charge in [-0.2, -0.15) is 13.2 Å². The van der Waals surface area contributed by atoms with Gasteiger partial charge in [-0.1, -0.05) is 130 Å². The van der Waals surface area contributed by atoms with Gasteiger partial charge in [-0.25, -0.2) is 19.6 Å². The molecule has 1 fully saturated rings. The van der Waals surface area contributed by atoms with Gasteiger partial charge in [-0.3, -0.25) is 72.5 Å². The van der Waals surface area contributed by atoms with Gasteiger partial charge in [0.15, 0.2) is 5.96 Å². The second kappa shape index (κ2) is 53.5. The lowest BCUT2D eigenvalue weighted by atomic mass is 9.96. The van der Waals surface area contributed by atoms with Crippen LogP contribution in [0.4, 0.5) is 13.2 Å². The van der Waals surface area contributed by atoms with Crippen LogP contribution in [0.5, 0.6) is 11.5 Å². The molecule has 0 spiro atoms. The summed E-state index contributed by atoms with van der Waals surface area (Å²) in [6.45, 7) is 16.0. The van der Waals surface area contributed by atoms with E-state index in [4.69, 9.17) is 26.8 Å². The average Bonchev–Trinajstić information content (AvgIpc) is 1.71. The number of carboxylic acid groups (broad SMARTS) is 3. The number of likely N-dealkylation sites (tertiary alicyclic amines) is 1. The molecule has 2 aromatic heterocycles. The number of aromatic hydroxyl groups is 2. The van der Waals surface area contributed by atoms with Crippen molar-refractivity contribution < 1.29 is 121 Å². The summed E-state index contributed by atoms with van der Waals surface area (Å²) in [5.41, 5.74) is 13.4. The molecule has 26 N–H and O–H groups in total. The van der Waals surface area contributed by atoms with Crippen molar-refractivity contribution in [2.45, 2.75) is 243 Å². The minimum absolute atomic E-state index is 0.00309. The number of aromatic amines is 2. The van der Waals surface area contributed by atoms with Gasteiger partial charge in [-0.15, -0.1) is 0 Å². The number of aromatic nitrogens is 4. The first-order chi connectivity index (χ1) is 62.6. The standard InChI is InChI=1S/C85H123N21O20.C2HF3O2/c1-11-48(10)70(105-78(119)62(35-51-23-27-55(109)28-24-51)100-80(121)68(46(6)7)103-72(113)57(19-15-29-91-85(87)88)94-71(112)56(86)38-67(110)111)82(123)101-64(37-53-40-90-43-93-53)83(124)106-30-16-20-66(106)79(120)98-60(33-49-17-13-12-14-18-49)74(115)97-63(36-52-39-89-42-92-52)76(117)95-58(31-44(2)3)73(114)96-59(32-45(4)5)77(118)104-69(47(8)9)81(122)99-61(34-50-21-25-54(108)26-22-50)75(116)102-65(41-107)84(125)126;3-2(4,5)1(6)7/h12-14,17-18,21-28,39-40,42-48,56-66,68-70,107-109H,11,15-16,19-20,29-38,41,86H2,1-10H3,(H,89,92)(H,90,93)(H,94,112)(H,95,117)(H,96,114)(H,97,115)(H,98,120)(H,99,122)(H,100,121)(H,101,123)(H,102,116)(H,103,113)(H,104,118)(H,105,119)(H,110,111)(H,125,126)(H4,87,88,91);(H,6,7)/t48-,56-,57-,58-,59-,60-,61-,62-,63-,64-,65-,66-,68-,69-,70-;/m0./s1. The number of alkyl halides is 3. The Morgan fingerprint density at radius 1 is 0.496 bits per heavy atom. The van der Waals surface area contributed by atoms with E-state index in [1.54, 1.807) is 99.6 Å². The maximum atomic E-state index is 15.4. The average molecular weight is 1870 g/mol. The van der Waals surface area contributed by atoms with Crippen molar-refractivity contribution >= 4 is 101 Å². The normalized spacial score (nSPS) is 15.6. The number of rotatable bonds is 51. The fraction of sp³-hybridized carbons (Fsp3) is 0.529. The van der Waals surface area contributed by atoms with E-state index in [2.05, 4.69) is 89.1 Å². The summed E-state index contributed by atoms with van der Waals surface area (Å²) in [5.74, 6) is -20.3. The lowest BCUT2D eigenvalue weighted by Gasteiger charge is -2.32. The van der Waals surface area contributed by atoms with E-state index in [1.165, 1.54) is 78.5 Å². The zero-order chi connectivity index (χ0) is 99.3. The molecule has 0 saturated carbocycles. The number of amides is 13. The summed E-state index contributed by atoms with van der Waals surface area (Å²) in [5, 5.41) is 98.1. The molecule has 3 heterocycles. The van der Waals surface area contributed by atoms with Crippen LogP contribution in [0.1, 0.15) is 149 Å². The van der Waals surface area contributed by atoms with Gasteiger partial charge in [0.25, 0.3) is 0 Å². The summed E-state index contributed by atoms with van der Waals surface area (Å²) in [6.07, 6.45) is -0.863. The number of carboxylic acids is 3. The second-order valence-electron chi connectivity index (χ2n) is 33.8. The monoisotopic (exact) mass is 1870 g/mol. The van der Waals surface area contributed by atoms with Gasteiger partial charge in [-0.05, 0) is 109 Å². The summed E-state index contributed by atoms with van der Waals surface area (Å²) in [6, 6.07) is -0.556. The minimum Gasteiger partial charge on any atom is -0.508 e. The van der Waals surface area contributed by atoms with Crippen molar-refractivity contribution in [3.05, 3.63) is 132 Å². The quantitative estimate of drug-likeness (QED) is 0.0127. The van der Waals surface area contributed by atoms with Gasteiger partial charge in [0.1, 0.15) is 90.0 Å². The minimum atomic E-state index is -5.08. The van der Waals surface area contributed by atoms with Crippen LogP contribution in [-0.4, -0.2) is 267 Å². The lowest BCUT2D eigenvalue weighted by Crippen LogP contribution is -2.62. The molecular weight excluding hydrogens is 1750 g/mol. The van der Waals surface area contributed by atoms with Crippen molar-refractivity contribution in [2.75, 3.05) is 19.7 Å². The highest BCUT2D eigenvalue weighted by Crippen LogP contribution is 2.24. The van der Waals surface area contributed by atoms with E-state index in [-0.39, 0.29) is 119 Å². The van der Waals surface area contributed by atoms with Crippen LogP contribution in [0.15, 0.2) is 104 Å². The number of guanidine groups is 1. The van der Waals surface area contributed by atoms with E-state index in [9.17, 15) is 86.6 Å². The van der Waals surface area contributed by atoms with Crippen molar-refractivity contribution in [1.29, 1.82) is 5.41 Å². The largest absolute Gasteiger partial charge is 0.508 e. The highest BCUT2D eigenvalue weighted by molar-refractivity contribution is 6.01. The SMILES string of the molecule is CC[C@H](C)[C@H](NC(=O)[C@H](Cc1ccc(O)cc1)NC(=O)[C@@H](NC(=O)[C@H](CCCNC(=N)N)NC(=O)[C@@H](N)CC(=O)O)C(C)C)C(=O)N[C@@H](Cc1cnc[nH]1)C(=O)N1CCC[C@H]1C(=O)N[C@@H](Cc1ccccc1)C(=O)N[C@@H](Cc1cnc[nH]1)C(=O)N[C@@H](CC(C)C)C(=O)N[C@@H](CC(C)C)C(=O)N[C@H](C(=O)N[C@@H](Cc1ccc(O)cc1)C(=O)N[C@@H](CO)C(=O)O)C(C)C.O=C(O)C(F)(F)F. The highest BCUT2D eigenvalue weighted by atomic mass is 19.4. The fourth-order valence-electron chi connectivity index (χ4n) is 14.0. The molecule has 6 rings (SSSR count). The van der Waals surface area contributed by atoms with Crippen molar-refractivity contribution in [1.82, 2.24) is 94.0 Å². The van der Waals surface area contributed by atoms with Gasteiger partial charge in [0.05, 0.1) is 31.7 Å². The summed E-state index contributed by atoms with van der Waals surface area (Å²) in [4.78, 5) is 238. The van der Waals surface area contributed by atoms with Crippen LogP contribution in [0.3, 0.4) is 0 Å². The topological polar surface area (TPSA) is 687 Å². The van der Waals surface area contributed by atoms with Crippen LogP contribution in [0, 0.1) is 35.0 Å². The smallest absolute Gasteiger partial charge is 0.490 e. The maximum Gasteiger partial charge on any atom is 0.490 e. The molecule has 1 aliphatic rings. The number of nitrogens with one attached hydrogen (secondary N) is 16. The number of phenols is 2. The van der Waals surface area contributed by atoms with E-state index in [0.717, 1.165) is 0 Å². The zero-order valence-corrected chi connectivity index (χ0v) is 75.4. The molecule has 0 bridgehead atoms. The number of aliphatic hydroxyl groups excluding tert-OH is 1. The van der Waals surface area contributed by atoms with Crippen LogP contribution in [0.25, 0.3) is 0 Å². The third-order valence-corrected chi connectivity index (χ3v) is 21.3. The summed E-state index contributed by atoms with van der Waals surface area (Å²) < 4.78 is 31.7. The molecule has 5 aromatic rings. The Bertz CT molecular complexity index is 4720.